The van der Waals surface area contributed by atoms with Crippen molar-refractivity contribution >= 4 is 15.7 Å². The summed E-state index contributed by atoms with van der Waals surface area (Å²) < 4.78 is 23.7. The maximum atomic E-state index is 12.0. The number of sulfone groups is 1. The van der Waals surface area contributed by atoms with Gasteiger partial charge in [-0.1, -0.05) is 44.2 Å². The Kier molecular flexibility index (Phi) is 7.72. The van der Waals surface area contributed by atoms with Gasteiger partial charge in [0.2, 0.25) is 5.91 Å². The Morgan fingerprint density at radius 2 is 1.70 bits per heavy atom. The number of hydrogen-bond acceptors (Lipinski definition) is 4. The summed E-state index contributed by atoms with van der Waals surface area (Å²) in [6.45, 7) is 9.44. The van der Waals surface area contributed by atoms with Crippen LogP contribution in [0.4, 0.5) is 0 Å². The van der Waals surface area contributed by atoms with Crippen molar-refractivity contribution in [3.05, 3.63) is 35.9 Å². The van der Waals surface area contributed by atoms with Gasteiger partial charge in [-0.15, -0.1) is 0 Å². The SMILES string of the molecule is CCN(CC)C(CNC(=O)CS(=O)(=O)C(C)C)c1ccccc1. The number of carbonyl (C=O) groups is 1. The molecule has 1 aromatic rings. The van der Waals surface area contributed by atoms with Crippen molar-refractivity contribution in [1.82, 2.24) is 10.2 Å². The highest BCUT2D eigenvalue weighted by Gasteiger charge is 2.23. The van der Waals surface area contributed by atoms with E-state index in [1.54, 1.807) is 13.8 Å². The predicted octanol–water partition coefficient (Wildman–Crippen LogP) is 2.01. The van der Waals surface area contributed by atoms with Crippen molar-refractivity contribution in [3.8, 4) is 0 Å². The monoisotopic (exact) mass is 340 g/mol. The summed E-state index contributed by atoms with van der Waals surface area (Å²) in [5.41, 5.74) is 1.11. The summed E-state index contributed by atoms with van der Waals surface area (Å²) in [5, 5.41) is 2.24. The molecule has 0 aliphatic heterocycles. The van der Waals surface area contributed by atoms with Gasteiger partial charge in [0.15, 0.2) is 9.84 Å². The molecule has 0 saturated carbocycles. The highest BCUT2D eigenvalue weighted by atomic mass is 32.2. The molecule has 0 heterocycles. The Morgan fingerprint density at radius 3 is 2.17 bits per heavy atom. The van der Waals surface area contributed by atoms with Crippen LogP contribution in [-0.4, -0.2) is 49.9 Å². The van der Waals surface area contributed by atoms with Gasteiger partial charge < -0.3 is 5.32 Å². The van der Waals surface area contributed by atoms with Crippen LogP contribution in [0.1, 0.15) is 39.3 Å². The summed E-state index contributed by atoms with van der Waals surface area (Å²) >= 11 is 0. The number of amides is 1. The molecule has 23 heavy (non-hydrogen) atoms. The molecule has 1 unspecified atom stereocenters. The van der Waals surface area contributed by atoms with Crippen molar-refractivity contribution < 1.29 is 13.2 Å². The minimum absolute atomic E-state index is 0.0388. The number of benzene rings is 1. The van der Waals surface area contributed by atoms with E-state index in [2.05, 4.69) is 24.1 Å². The van der Waals surface area contributed by atoms with Crippen LogP contribution >= 0.6 is 0 Å². The molecule has 1 N–H and O–H groups in total. The van der Waals surface area contributed by atoms with E-state index in [-0.39, 0.29) is 6.04 Å². The Labute approximate surface area is 140 Å². The van der Waals surface area contributed by atoms with Gasteiger partial charge in [-0.3, -0.25) is 9.69 Å². The van der Waals surface area contributed by atoms with E-state index in [1.165, 1.54) is 0 Å². The largest absolute Gasteiger partial charge is 0.353 e. The minimum Gasteiger partial charge on any atom is -0.353 e. The van der Waals surface area contributed by atoms with E-state index >= 15 is 0 Å². The standard InChI is InChI=1S/C17H28N2O3S/c1-5-19(6-2)16(15-10-8-7-9-11-15)12-18-17(20)13-23(21,22)14(3)4/h7-11,14,16H,5-6,12-13H2,1-4H3,(H,18,20). The van der Waals surface area contributed by atoms with Crippen LogP contribution in [0, 0.1) is 0 Å². The molecule has 5 nitrogen and oxygen atoms in total. The van der Waals surface area contributed by atoms with Crippen molar-refractivity contribution in [2.24, 2.45) is 0 Å². The fourth-order valence-corrected chi connectivity index (χ4v) is 3.21. The van der Waals surface area contributed by atoms with E-state index in [4.69, 9.17) is 0 Å². The third-order valence-electron chi connectivity index (χ3n) is 3.98. The molecule has 130 valence electrons. The highest BCUT2D eigenvalue weighted by Crippen LogP contribution is 2.19. The number of likely N-dealkylation sites (N-methyl/N-ethyl adjacent to an activating group) is 1. The van der Waals surface area contributed by atoms with Crippen LogP contribution in [0.5, 0.6) is 0 Å². The first-order valence-electron chi connectivity index (χ1n) is 8.09. The summed E-state index contributed by atoms with van der Waals surface area (Å²) in [6, 6.07) is 9.99. The van der Waals surface area contributed by atoms with Gasteiger partial charge in [-0.05, 0) is 32.5 Å². The van der Waals surface area contributed by atoms with Crippen molar-refractivity contribution in [3.63, 3.8) is 0 Å². The molecule has 0 spiro atoms. The lowest BCUT2D eigenvalue weighted by Crippen LogP contribution is -2.40. The zero-order valence-corrected chi connectivity index (χ0v) is 15.3. The zero-order chi connectivity index (χ0) is 17.5. The molecule has 0 aliphatic carbocycles. The van der Waals surface area contributed by atoms with Crippen LogP contribution < -0.4 is 5.32 Å². The average molecular weight is 340 g/mol. The quantitative estimate of drug-likeness (QED) is 0.747. The molecule has 0 fully saturated rings. The van der Waals surface area contributed by atoms with Gasteiger partial charge in [0.05, 0.1) is 11.3 Å². The first kappa shape index (κ1) is 19.6. The molecule has 0 radical (unpaired) electrons. The molecule has 0 aromatic heterocycles. The van der Waals surface area contributed by atoms with Gasteiger partial charge in [0.1, 0.15) is 5.75 Å². The summed E-state index contributed by atoms with van der Waals surface area (Å²) in [5.74, 6) is -0.892. The molecule has 1 rings (SSSR count). The number of rotatable bonds is 9. The van der Waals surface area contributed by atoms with Crippen LogP contribution in [0.3, 0.4) is 0 Å². The van der Waals surface area contributed by atoms with Crippen LogP contribution in [0.25, 0.3) is 0 Å². The average Bonchev–Trinajstić information content (AvgIpc) is 2.51. The first-order chi connectivity index (χ1) is 10.8. The lowest BCUT2D eigenvalue weighted by Gasteiger charge is -2.30. The Balaban J connectivity index is 2.77. The Hall–Kier alpha value is -1.40. The third kappa shape index (κ3) is 5.95. The second kappa shape index (κ2) is 9.03. The normalized spacial score (nSPS) is 13.3. The second-order valence-electron chi connectivity index (χ2n) is 5.81. The molecule has 1 atom stereocenters. The Bertz CT molecular complexity index is 581. The molecule has 0 bridgehead atoms. The van der Waals surface area contributed by atoms with E-state index in [9.17, 15) is 13.2 Å². The molecule has 1 amide bonds. The number of nitrogens with zero attached hydrogens (tertiary/aromatic N) is 1. The topological polar surface area (TPSA) is 66.5 Å². The Morgan fingerprint density at radius 1 is 1.13 bits per heavy atom. The van der Waals surface area contributed by atoms with Crippen LogP contribution in [-0.2, 0) is 14.6 Å². The fourth-order valence-electron chi connectivity index (χ4n) is 2.41. The summed E-state index contributed by atoms with van der Waals surface area (Å²) in [7, 11) is -3.37. The molecular weight excluding hydrogens is 312 g/mol. The van der Waals surface area contributed by atoms with E-state index in [1.807, 2.05) is 30.3 Å². The van der Waals surface area contributed by atoms with E-state index in [0.29, 0.717) is 6.54 Å². The molecule has 1 aromatic carbocycles. The van der Waals surface area contributed by atoms with E-state index < -0.39 is 26.7 Å². The number of nitrogens with one attached hydrogen (secondary N) is 1. The fraction of sp³-hybridized carbons (Fsp3) is 0.588. The summed E-state index contributed by atoms with van der Waals surface area (Å²) in [6.07, 6.45) is 0. The van der Waals surface area contributed by atoms with Gasteiger partial charge in [0.25, 0.3) is 0 Å². The van der Waals surface area contributed by atoms with Gasteiger partial charge >= 0.3 is 0 Å². The van der Waals surface area contributed by atoms with Crippen molar-refractivity contribution in [2.75, 3.05) is 25.4 Å². The van der Waals surface area contributed by atoms with Crippen LogP contribution in [0.2, 0.25) is 0 Å². The first-order valence-corrected chi connectivity index (χ1v) is 9.80. The number of carbonyl (C=O) groups excluding carboxylic acids is 1. The molecule has 6 heteroatoms. The molecular formula is C17H28N2O3S. The highest BCUT2D eigenvalue weighted by molar-refractivity contribution is 7.92. The van der Waals surface area contributed by atoms with Crippen LogP contribution in [0.15, 0.2) is 30.3 Å². The molecule has 0 saturated heterocycles. The van der Waals surface area contributed by atoms with Gasteiger partial charge in [0, 0.05) is 6.54 Å². The van der Waals surface area contributed by atoms with E-state index in [0.717, 1.165) is 18.7 Å². The van der Waals surface area contributed by atoms with Gasteiger partial charge in [-0.2, -0.15) is 0 Å². The molecule has 0 aliphatic rings. The van der Waals surface area contributed by atoms with Gasteiger partial charge in [-0.25, -0.2) is 8.42 Å². The number of hydrogen-bond donors (Lipinski definition) is 1. The van der Waals surface area contributed by atoms with Crippen molar-refractivity contribution in [2.45, 2.75) is 39.0 Å². The maximum Gasteiger partial charge on any atom is 0.235 e. The zero-order valence-electron chi connectivity index (χ0n) is 14.5. The lowest BCUT2D eigenvalue weighted by atomic mass is 10.1. The van der Waals surface area contributed by atoms with Crippen molar-refractivity contribution in [1.29, 1.82) is 0 Å². The predicted molar refractivity (Wildman–Crippen MR) is 94.0 cm³/mol. The second-order valence-corrected chi connectivity index (χ2v) is 8.36. The maximum absolute atomic E-state index is 12.0. The lowest BCUT2D eigenvalue weighted by molar-refractivity contribution is -0.118. The summed E-state index contributed by atoms with van der Waals surface area (Å²) in [4.78, 5) is 14.2. The third-order valence-corrected chi connectivity index (χ3v) is 6.08. The smallest absolute Gasteiger partial charge is 0.235 e. The minimum atomic E-state index is -3.37.